The number of methoxy groups -OCH3 is 2. The molecule has 1 fully saturated rings. The topological polar surface area (TPSA) is 111 Å². The van der Waals surface area contributed by atoms with Crippen molar-refractivity contribution in [2.24, 2.45) is 0 Å². The second-order valence-electron chi connectivity index (χ2n) is 9.74. The number of benzene rings is 3. The van der Waals surface area contributed by atoms with Crippen LogP contribution in [0, 0.1) is 5.82 Å². The van der Waals surface area contributed by atoms with Crippen LogP contribution in [0.4, 0.5) is 9.52 Å². The number of nitrogens with zero attached hydrogens (tertiary/aromatic N) is 3. The molecule has 1 unspecified atom stereocenters. The number of carbonyl (C=O) groups excluding carboxylic acids is 2. The number of anilines is 1. The first-order chi connectivity index (χ1) is 21.4. The zero-order valence-corrected chi connectivity index (χ0v) is 25.9. The van der Waals surface area contributed by atoms with Crippen LogP contribution in [0.1, 0.15) is 42.5 Å². The van der Waals surface area contributed by atoms with Crippen molar-refractivity contribution in [2.75, 3.05) is 25.7 Å². The fourth-order valence-electron chi connectivity index (χ4n) is 4.66. The third-order valence-corrected chi connectivity index (χ3v) is 9.08. The van der Waals surface area contributed by atoms with Gasteiger partial charge in [0.15, 0.2) is 15.8 Å². The Morgan fingerprint density at radius 2 is 1.80 bits per heavy atom. The lowest BCUT2D eigenvalue weighted by Crippen LogP contribution is -2.29. The Balaban J connectivity index is 1.56. The van der Waals surface area contributed by atoms with Crippen LogP contribution in [0.2, 0.25) is 0 Å². The number of Topliss-reactive ketones (excluding diaryl/α,β-unsaturated/α-hetero) is 1. The second kappa shape index (κ2) is 13.9. The molecule has 228 valence electrons. The van der Waals surface area contributed by atoms with Crippen molar-refractivity contribution < 1.29 is 33.3 Å². The maximum atomic E-state index is 14.2. The average Bonchev–Trinajstić information content (AvgIpc) is 3.62. The Kier molecular flexibility index (Phi) is 9.81. The summed E-state index contributed by atoms with van der Waals surface area (Å²) in [4.78, 5) is 28.4. The number of aliphatic hydroxyl groups excluding tert-OH is 1. The van der Waals surface area contributed by atoms with E-state index in [-0.39, 0.29) is 22.3 Å². The predicted octanol–water partition coefficient (Wildman–Crippen LogP) is 6.79. The van der Waals surface area contributed by atoms with Gasteiger partial charge < -0.3 is 19.3 Å². The number of aliphatic hydroxyl groups is 1. The van der Waals surface area contributed by atoms with Crippen LogP contribution in [0.5, 0.6) is 17.2 Å². The smallest absolute Gasteiger partial charge is 0.301 e. The first kappa shape index (κ1) is 31.0. The van der Waals surface area contributed by atoms with E-state index in [0.717, 1.165) is 24.2 Å². The van der Waals surface area contributed by atoms with Crippen LogP contribution in [-0.2, 0) is 15.3 Å². The van der Waals surface area contributed by atoms with E-state index in [4.69, 9.17) is 14.2 Å². The number of carbonyl (C=O) groups is 2. The van der Waals surface area contributed by atoms with Gasteiger partial charge in [-0.1, -0.05) is 60.7 Å². The number of unbranched alkanes of at least 4 members (excludes halogenated alkanes) is 1. The summed E-state index contributed by atoms with van der Waals surface area (Å²) in [6, 6.07) is 17.0. The molecule has 5 rings (SSSR count). The quantitative estimate of drug-likeness (QED) is 0.0449. The van der Waals surface area contributed by atoms with E-state index in [1.54, 1.807) is 60.7 Å². The van der Waals surface area contributed by atoms with Gasteiger partial charge in [0.2, 0.25) is 5.13 Å². The molecule has 2 heterocycles. The standard InChI is InChI=1S/C32H30FN3O6S2/c1-4-5-16-42-24-15-12-20(17-25(24)41-3)27-26(28(37)19-10-13-22(40-2)14-11-19)29(38)30(39)36(27)31-34-35-32(44-31)43-18-21-8-6-7-9-23(21)33/h6-15,17,27,37H,4-5,16,18H2,1-3H3/b28-26-. The Bertz CT molecular complexity index is 1690. The summed E-state index contributed by atoms with van der Waals surface area (Å²) in [5.74, 6) is -0.625. The number of amides is 1. The molecule has 0 spiro atoms. The van der Waals surface area contributed by atoms with Crippen LogP contribution in [0.15, 0.2) is 76.6 Å². The van der Waals surface area contributed by atoms with E-state index >= 15 is 0 Å². The van der Waals surface area contributed by atoms with Crippen molar-refractivity contribution >= 4 is 45.7 Å². The van der Waals surface area contributed by atoms with Gasteiger partial charge in [0.1, 0.15) is 17.3 Å². The molecule has 3 aromatic carbocycles. The lowest BCUT2D eigenvalue weighted by atomic mass is 9.95. The minimum absolute atomic E-state index is 0.113. The van der Waals surface area contributed by atoms with Crippen LogP contribution in [0.3, 0.4) is 0 Å². The molecule has 1 atom stereocenters. The molecule has 0 radical (unpaired) electrons. The van der Waals surface area contributed by atoms with E-state index in [2.05, 4.69) is 17.1 Å². The summed E-state index contributed by atoms with van der Waals surface area (Å²) in [6.45, 7) is 2.56. The van der Waals surface area contributed by atoms with Gasteiger partial charge in [-0.3, -0.25) is 14.5 Å². The lowest BCUT2D eigenvalue weighted by Gasteiger charge is -2.23. The van der Waals surface area contributed by atoms with Crippen LogP contribution >= 0.6 is 23.1 Å². The number of thioether (sulfide) groups is 1. The second-order valence-corrected chi connectivity index (χ2v) is 11.9. The summed E-state index contributed by atoms with van der Waals surface area (Å²) >= 11 is 2.36. The van der Waals surface area contributed by atoms with Gasteiger partial charge in [0, 0.05) is 11.3 Å². The maximum absolute atomic E-state index is 14.2. The molecule has 0 saturated carbocycles. The zero-order valence-electron chi connectivity index (χ0n) is 24.3. The Labute approximate surface area is 262 Å². The largest absolute Gasteiger partial charge is 0.507 e. The van der Waals surface area contributed by atoms with Crippen molar-refractivity contribution in [2.45, 2.75) is 35.9 Å². The summed E-state index contributed by atoms with van der Waals surface area (Å²) < 4.78 is 31.3. The number of aromatic nitrogens is 2. The number of hydrogen-bond donors (Lipinski definition) is 1. The van der Waals surface area contributed by atoms with Crippen molar-refractivity contribution in [1.82, 2.24) is 10.2 Å². The fourth-order valence-corrected chi connectivity index (χ4v) is 6.52. The number of hydrogen-bond acceptors (Lipinski definition) is 10. The fraction of sp³-hybridized carbons (Fsp3) is 0.250. The summed E-state index contributed by atoms with van der Waals surface area (Å²) in [5, 5.41) is 20.0. The van der Waals surface area contributed by atoms with Gasteiger partial charge in [0.05, 0.1) is 32.4 Å². The molecule has 0 bridgehead atoms. The molecule has 1 N–H and O–H groups in total. The van der Waals surface area contributed by atoms with Gasteiger partial charge in [-0.25, -0.2) is 4.39 Å². The van der Waals surface area contributed by atoms with Gasteiger partial charge in [0.25, 0.3) is 5.78 Å². The van der Waals surface area contributed by atoms with Gasteiger partial charge >= 0.3 is 5.91 Å². The van der Waals surface area contributed by atoms with Crippen molar-refractivity contribution in [3.8, 4) is 17.2 Å². The van der Waals surface area contributed by atoms with Crippen LogP contribution in [0.25, 0.3) is 5.76 Å². The Morgan fingerprint density at radius 3 is 2.50 bits per heavy atom. The van der Waals surface area contributed by atoms with Crippen molar-refractivity contribution in [3.05, 3.63) is 94.8 Å². The molecular weight excluding hydrogens is 605 g/mol. The Hall–Kier alpha value is -4.42. The van der Waals surface area contributed by atoms with E-state index in [9.17, 15) is 19.1 Å². The zero-order chi connectivity index (χ0) is 31.2. The van der Waals surface area contributed by atoms with Gasteiger partial charge in [-0.05, 0) is 60.0 Å². The Morgan fingerprint density at radius 1 is 1.02 bits per heavy atom. The first-order valence-electron chi connectivity index (χ1n) is 13.8. The van der Waals surface area contributed by atoms with Crippen LogP contribution in [-0.4, -0.2) is 47.8 Å². The van der Waals surface area contributed by atoms with E-state index in [1.165, 1.54) is 36.9 Å². The molecule has 0 aliphatic carbocycles. The van der Waals surface area contributed by atoms with Gasteiger partial charge in [-0.15, -0.1) is 10.2 Å². The average molecular weight is 636 g/mol. The number of rotatable bonds is 12. The monoisotopic (exact) mass is 635 g/mol. The molecule has 12 heteroatoms. The van der Waals surface area contributed by atoms with E-state index < -0.39 is 17.7 Å². The molecule has 1 aromatic heterocycles. The highest BCUT2D eigenvalue weighted by molar-refractivity contribution is 8.00. The van der Waals surface area contributed by atoms with Crippen molar-refractivity contribution in [3.63, 3.8) is 0 Å². The van der Waals surface area contributed by atoms with E-state index in [1.807, 2.05) is 0 Å². The summed E-state index contributed by atoms with van der Waals surface area (Å²) in [5.41, 5.74) is 1.22. The molecule has 1 amide bonds. The molecular formula is C32H30FN3O6S2. The molecule has 1 saturated heterocycles. The summed E-state index contributed by atoms with van der Waals surface area (Å²) in [6.07, 6.45) is 1.82. The van der Waals surface area contributed by atoms with Crippen LogP contribution < -0.4 is 19.1 Å². The number of ether oxygens (including phenoxy) is 3. The van der Waals surface area contributed by atoms with E-state index in [0.29, 0.717) is 50.6 Å². The predicted molar refractivity (Wildman–Crippen MR) is 167 cm³/mol. The number of halogens is 1. The minimum Gasteiger partial charge on any atom is -0.507 e. The van der Waals surface area contributed by atoms with Gasteiger partial charge in [-0.2, -0.15) is 0 Å². The molecule has 4 aromatic rings. The highest BCUT2D eigenvalue weighted by atomic mass is 32.2. The number of ketones is 1. The molecule has 1 aliphatic rings. The SMILES string of the molecule is CCCCOc1ccc(C2/C(=C(/O)c3ccc(OC)cc3)C(=O)C(=O)N2c2nnc(SCc3ccccc3F)s2)cc1OC. The molecule has 9 nitrogen and oxygen atoms in total. The first-order valence-corrected chi connectivity index (χ1v) is 15.6. The summed E-state index contributed by atoms with van der Waals surface area (Å²) in [7, 11) is 3.03. The lowest BCUT2D eigenvalue weighted by molar-refractivity contribution is -0.132. The molecule has 1 aliphatic heterocycles. The third-order valence-electron chi connectivity index (χ3n) is 6.98. The maximum Gasteiger partial charge on any atom is 0.301 e. The third kappa shape index (κ3) is 6.41. The van der Waals surface area contributed by atoms with Crippen molar-refractivity contribution in [1.29, 1.82) is 0 Å². The normalized spacial score (nSPS) is 15.9. The highest BCUT2D eigenvalue weighted by Gasteiger charge is 2.48. The molecule has 44 heavy (non-hydrogen) atoms. The minimum atomic E-state index is -1.05. The highest BCUT2D eigenvalue weighted by Crippen LogP contribution is 2.45.